The second-order valence-electron chi connectivity index (χ2n) is 7.07. The third-order valence-electron chi connectivity index (χ3n) is 5.04. The van der Waals surface area contributed by atoms with Gasteiger partial charge in [-0.3, -0.25) is 4.79 Å². The van der Waals surface area contributed by atoms with E-state index in [2.05, 4.69) is 5.16 Å². The smallest absolute Gasteiger partial charge is 0.227 e. The Balaban J connectivity index is 1.59. The molecule has 4 rings (SSSR count). The number of hydrogen-bond acceptors (Lipinski definition) is 3. The molecule has 0 aliphatic carbocycles. The lowest BCUT2D eigenvalue weighted by molar-refractivity contribution is -0.133. The maximum absolute atomic E-state index is 13.5. The summed E-state index contributed by atoms with van der Waals surface area (Å²) in [5.74, 6) is -3.94. The van der Waals surface area contributed by atoms with Crippen LogP contribution in [0.25, 0.3) is 11.3 Å². The first-order chi connectivity index (χ1) is 13.8. The lowest BCUT2D eigenvalue weighted by atomic mass is 9.96. The average molecular weight is 421 g/mol. The molecule has 0 saturated carbocycles. The van der Waals surface area contributed by atoms with Gasteiger partial charge in [0.05, 0.1) is 18.7 Å². The fourth-order valence-corrected chi connectivity index (χ4v) is 3.66. The molecule has 1 atom stereocenters. The fourth-order valence-electron chi connectivity index (χ4n) is 3.53. The minimum Gasteiger partial charge on any atom is -0.356 e. The quantitative estimate of drug-likeness (QED) is 0.564. The summed E-state index contributed by atoms with van der Waals surface area (Å²) in [6.07, 6.45) is 0.250. The van der Waals surface area contributed by atoms with Crippen LogP contribution >= 0.6 is 11.6 Å². The summed E-state index contributed by atoms with van der Waals surface area (Å²) in [5.41, 5.74) is 2.42. The highest BCUT2D eigenvalue weighted by molar-refractivity contribution is 6.30. The summed E-state index contributed by atoms with van der Waals surface area (Å²) in [5, 5.41) is 4.72. The van der Waals surface area contributed by atoms with Gasteiger partial charge in [0, 0.05) is 28.6 Å². The Morgan fingerprint density at radius 3 is 2.52 bits per heavy atom. The van der Waals surface area contributed by atoms with Gasteiger partial charge in [0.15, 0.2) is 23.2 Å². The first kappa shape index (κ1) is 19.5. The van der Waals surface area contributed by atoms with Crippen molar-refractivity contribution in [3.8, 4) is 11.3 Å². The number of carbonyl (C=O) groups is 1. The number of fused-ring (bicyclic) bond motifs is 1. The van der Waals surface area contributed by atoms with Crippen LogP contribution in [0, 0.1) is 17.5 Å². The average Bonchev–Trinajstić information content (AvgIpc) is 3.08. The van der Waals surface area contributed by atoms with Gasteiger partial charge < -0.3 is 9.42 Å². The number of rotatable bonds is 3. The standard InChI is InChI=1S/C21H16ClF3N2O2/c1-11-6-18-15(21(29-26-18)13-2-4-14(22)5-3-13)10-27(11)19(28)9-12-7-16(23)20(25)17(24)8-12/h2-5,7-8,11H,6,9-10H2,1H3/t11-/m0/s1. The second kappa shape index (κ2) is 7.55. The molecule has 8 heteroatoms. The maximum Gasteiger partial charge on any atom is 0.227 e. The van der Waals surface area contributed by atoms with Crippen LogP contribution < -0.4 is 0 Å². The lowest BCUT2D eigenvalue weighted by Gasteiger charge is -2.33. The lowest BCUT2D eigenvalue weighted by Crippen LogP contribution is -2.43. The van der Waals surface area contributed by atoms with Gasteiger partial charge in [-0.2, -0.15) is 0 Å². The van der Waals surface area contributed by atoms with E-state index >= 15 is 0 Å². The van der Waals surface area contributed by atoms with Crippen molar-refractivity contribution in [3.05, 3.63) is 75.7 Å². The molecule has 0 radical (unpaired) electrons. The van der Waals surface area contributed by atoms with Crippen LogP contribution in [0.2, 0.25) is 5.02 Å². The van der Waals surface area contributed by atoms with Crippen molar-refractivity contribution in [1.82, 2.24) is 10.1 Å². The Kier molecular flexibility index (Phi) is 5.08. The molecule has 0 spiro atoms. The van der Waals surface area contributed by atoms with E-state index in [1.165, 1.54) is 0 Å². The highest BCUT2D eigenvalue weighted by Gasteiger charge is 2.32. The van der Waals surface area contributed by atoms with Crippen LogP contribution in [0.15, 0.2) is 40.9 Å². The van der Waals surface area contributed by atoms with Crippen molar-refractivity contribution in [2.75, 3.05) is 0 Å². The van der Waals surface area contributed by atoms with Gasteiger partial charge in [-0.05, 0) is 48.9 Å². The Hall–Kier alpha value is -2.80. The van der Waals surface area contributed by atoms with E-state index in [1.807, 2.05) is 6.92 Å². The monoisotopic (exact) mass is 420 g/mol. The molecule has 0 N–H and O–H groups in total. The maximum atomic E-state index is 13.5. The molecule has 3 aromatic rings. The zero-order valence-electron chi connectivity index (χ0n) is 15.4. The first-order valence-electron chi connectivity index (χ1n) is 8.99. The topological polar surface area (TPSA) is 46.3 Å². The largest absolute Gasteiger partial charge is 0.356 e. The molecule has 0 fully saturated rings. The van der Waals surface area contributed by atoms with Crippen LogP contribution in [-0.4, -0.2) is 22.0 Å². The number of benzene rings is 2. The SMILES string of the molecule is C[C@H]1Cc2noc(-c3ccc(Cl)cc3)c2CN1C(=O)Cc1cc(F)c(F)c(F)c1. The zero-order chi connectivity index (χ0) is 20.7. The molecule has 1 amide bonds. The fraction of sp³-hybridized carbons (Fsp3) is 0.238. The Morgan fingerprint density at radius 2 is 1.86 bits per heavy atom. The summed E-state index contributed by atoms with van der Waals surface area (Å²) in [6, 6.07) is 8.59. The van der Waals surface area contributed by atoms with Crippen LogP contribution in [0.4, 0.5) is 13.2 Å². The predicted octanol–water partition coefficient (Wildman–Crippen LogP) is 4.93. The third-order valence-corrected chi connectivity index (χ3v) is 5.30. The van der Waals surface area contributed by atoms with Gasteiger partial charge in [-0.15, -0.1) is 0 Å². The third kappa shape index (κ3) is 3.74. The number of carbonyl (C=O) groups excluding carboxylic acids is 1. The molecule has 1 aliphatic rings. The van der Waals surface area contributed by atoms with Crippen molar-refractivity contribution < 1.29 is 22.5 Å². The molecule has 29 heavy (non-hydrogen) atoms. The van der Waals surface area contributed by atoms with E-state index in [0.29, 0.717) is 17.2 Å². The van der Waals surface area contributed by atoms with Crippen molar-refractivity contribution in [2.24, 2.45) is 0 Å². The van der Waals surface area contributed by atoms with Crippen molar-refractivity contribution in [2.45, 2.75) is 32.4 Å². The number of amides is 1. The normalized spacial score (nSPS) is 16.0. The summed E-state index contributed by atoms with van der Waals surface area (Å²) >= 11 is 5.93. The molecule has 0 unspecified atom stereocenters. The highest BCUT2D eigenvalue weighted by Crippen LogP contribution is 2.33. The van der Waals surface area contributed by atoms with Gasteiger partial charge in [-0.25, -0.2) is 13.2 Å². The van der Waals surface area contributed by atoms with Crippen LogP contribution in [0.5, 0.6) is 0 Å². The summed E-state index contributed by atoms with van der Waals surface area (Å²) in [7, 11) is 0. The van der Waals surface area contributed by atoms with Gasteiger partial charge >= 0.3 is 0 Å². The number of aromatic nitrogens is 1. The summed E-state index contributed by atoms with van der Waals surface area (Å²) < 4.78 is 45.6. The molecule has 1 aromatic heterocycles. The summed E-state index contributed by atoms with van der Waals surface area (Å²) in [6.45, 7) is 2.12. The molecule has 4 nitrogen and oxygen atoms in total. The molecule has 0 saturated heterocycles. The minimum absolute atomic E-state index is 0.0765. The number of nitrogens with zero attached hydrogens (tertiary/aromatic N) is 2. The van der Waals surface area contributed by atoms with Crippen molar-refractivity contribution in [1.29, 1.82) is 0 Å². The van der Waals surface area contributed by atoms with Crippen molar-refractivity contribution in [3.63, 3.8) is 0 Å². The van der Waals surface area contributed by atoms with E-state index in [0.717, 1.165) is 29.0 Å². The molecular formula is C21H16ClF3N2O2. The number of halogens is 4. The van der Waals surface area contributed by atoms with E-state index in [-0.39, 0.29) is 30.5 Å². The van der Waals surface area contributed by atoms with Crippen molar-refractivity contribution >= 4 is 17.5 Å². The van der Waals surface area contributed by atoms with E-state index < -0.39 is 17.5 Å². The van der Waals surface area contributed by atoms with E-state index in [1.54, 1.807) is 29.2 Å². The van der Waals surface area contributed by atoms with Gasteiger partial charge in [-0.1, -0.05) is 16.8 Å². The molecule has 0 bridgehead atoms. The zero-order valence-corrected chi connectivity index (χ0v) is 16.1. The van der Waals surface area contributed by atoms with Gasteiger partial charge in [0.2, 0.25) is 5.91 Å². The highest BCUT2D eigenvalue weighted by atomic mass is 35.5. The van der Waals surface area contributed by atoms with E-state index in [4.69, 9.17) is 16.1 Å². The Bertz CT molecular complexity index is 1060. The predicted molar refractivity (Wildman–Crippen MR) is 101 cm³/mol. The van der Waals surface area contributed by atoms with Gasteiger partial charge in [0.25, 0.3) is 0 Å². The van der Waals surface area contributed by atoms with E-state index in [9.17, 15) is 18.0 Å². The van der Waals surface area contributed by atoms with Gasteiger partial charge in [0.1, 0.15) is 0 Å². The number of hydrogen-bond donors (Lipinski definition) is 0. The minimum atomic E-state index is -1.55. The first-order valence-corrected chi connectivity index (χ1v) is 9.37. The summed E-state index contributed by atoms with van der Waals surface area (Å²) in [4.78, 5) is 14.4. The Labute approximate surface area is 169 Å². The molecule has 1 aliphatic heterocycles. The van der Waals surface area contributed by atoms with Crippen LogP contribution in [0.1, 0.15) is 23.7 Å². The molecular weight excluding hydrogens is 405 g/mol. The second-order valence-corrected chi connectivity index (χ2v) is 7.51. The molecule has 2 heterocycles. The van der Waals surface area contributed by atoms with Crippen LogP contribution in [-0.2, 0) is 24.2 Å². The van der Waals surface area contributed by atoms with Crippen LogP contribution in [0.3, 0.4) is 0 Å². The Morgan fingerprint density at radius 1 is 1.21 bits per heavy atom. The molecule has 2 aromatic carbocycles. The molecule has 150 valence electrons.